The lowest BCUT2D eigenvalue weighted by Gasteiger charge is -2.09. The predicted octanol–water partition coefficient (Wildman–Crippen LogP) is 1.90. The highest BCUT2D eigenvalue weighted by Gasteiger charge is 2.14. The molecule has 0 aromatic carbocycles. The van der Waals surface area contributed by atoms with Crippen molar-refractivity contribution in [3.05, 3.63) is 32.0 Å². The monoisotopic (exact) mass is 344 g/mol. The van der Waals surface area contributed by atoms with Gasteiger partial charge in [-0.15, -0.1) is 0 Å². The van der Waals surface area contributed by atoms with E-state index in [0.29, 0.717) is 15.2 Å². The fourth-order valence-corrected chi connectivity index (χ4v) is 2.44. The van der Waals surface area contributed by atoms with Crippen LogP contribution in [0.4, 0.5) is 0 Å². The summed E-state index contributed by atoms with van der Waals surface area (Å²) in [7, 11) is 1.87. The van der Waals surface area contributed by atoms with Crippen molar-refractivity contribution in [2.24, 2.45) is 7.05 Å². The van der Waals surface area contributed by atoms with Crippen LogP contribution in [0.1, 0.15) is 25.5 Å². The van der Waals surface area contributed by atoms with E-state index in [1.807, 2.05) is 54.2 Å². The van der Waals surface area contributed by atoms with Crippen molar-refractivity contribution in [3.8, 4) is 11.6 Å². The number of nitrogens with zero attached hydrogens (tertiary/aromatic N) is 3. The summed E-state index contributed by atoms with van der Waals surface area (Å²) in [6.45, 7) is 4.04. The van der Waals surface area contributed by atoms with Gasteiger partial charge in [0.25, 0.3) is 5.56 Å². The molecule has 0 fully saturated rings. The topological polar surface area (TPSA) is 63.6 Å². The zero-order valence-electron chi connectivity index (χ0n) is 9.86. The van der Waals surface area contributed by atoms with Gasteiger partial charge in [-0.3, -0.25) is 4.79 Å². The van der Waals surface area contributed by atoms with Crippen molar-refractivity contribution in [3.63, 3.8) is 0 Å². The second kappa shape index (κ2) is 4.59. The number of aromatic amines is 1. The summed E-state index contributed by atoms with van der Waals surface area (Å²) in [4.78, 5) is 23.3. The third-order valence-corrected chi connectivity index (χ3v) is 3.51. The van der Waals surface area contributed by atoms with Gasteiger partial charge in [0.2, 0.25) is 0 Å². The fourth-order valence-electron chi connectivity index (χ4n) is 1.56. The molecule has 2 heterocycles. The summed E-state index contributed by atoms with van der Waals surface area (Å²) in [5, 5.41) is 0. The molecule has 1 N–H and O–H groups in total. The van der Waals surface area contributed by atoms with Crippen molar-refractivity contribution in [1.29, 1.82) is 0 Å². The number of hydrogen-bond donors (Lipinski definition) is 1. The average molecular weight is 344 g/mol. The zero-order valence-corrected chi connectivity index (χ0v) is 12.0. The second-order valence-corrected chi connectivity index (χ2v) is 5.21. The Bertz CT molecular complexity index is 600. The van der Waals surface area contributed by atoms with Gasteiger partial charge in [0, 0.05) is 19.4 Å². The first-order chi connectivity index (χ1) is 8.00. The smallest absolute Gasteiger partial charge is 0.264 e. The van der Waals surface area contributed by atoms with Crippen molar-refractivity contribution in [2.45, 2.75) is 19.8 Å². The molecule has 0 amide bonds. The van der Waals surface area contributed by atoms with Crippen LogP contribution in [0.25, 0.3) is 11.6 Å². The number of hydrogen-bond acceptors (Lipinski definition) is 3. The SMILES string of the molecule is CC(C)c1nc(-c2nccn2C)[nH]c(=O)c1I. The van der Waals surface area contributed by atoms with E-state index in [9.17, 15) is 4.79 Å². The molecule has 6 heteroatoms. The van der Waals surface area contributed by atoms with E-state index in [1.165, 1.54) is 0 Å². The molecule has 0 aliphatic rings. The van der Waals surface area contributed by atoms with E-state index in [0.717, 1.165) is 5.69 Å². The molecule has 2 rings (SSSR count). The van der Waals surface area contributed by atoms with Gasteiger partial charge in [0.05, 0.1) is 9.26 Å². The molecule has 5 nitrogen and oxygen atoms in total. The lowest BCUT2D eigenvalue weighted by Crippen LogP contribution is -2.18. The molecule has 0 saturated heterocycles. The molecule has 0 atom stereocenters. The van der Waals surface area contributed by atoms with Crippen molar-refractivity contribution >= 4 is 22.6 Å². The van der Waals surface area contributed by atoms with Crippen LogP contribution in [-0.4, -0.2) is 19.5 Å². The largest absolute Gasteiger partial charge is 0.331 e. The molecule has 0 bridgehead atoms. The van der Waals surface area contributed by atoms with Crippen LogP contribution in [0.3, 0.4) is 0 Å². The molecule has 2 aromatic rings. The van der Waals surface area contributed by atoms with Gasteiger partial charge in [0.1, 0.15) is 0 Å². The van der Waals surface area contributed by atoms with Crippen LogP contribution in [0.2, 0.25) is 0 Å². The molecule has 90 valence electrons. The number of halogens is 1. The van der Waals surface area contributed by atoms with Crippen LogP contribution in [-0.2, 0) is 7.05 Å². The van der Waals surface area contributed by atoms with Gasteiger partial charge >= 0.3 is 0 Å². The van der Waals surface area contributed by atoms with Gasteiger partial charge in [-0.25, -0.2) is 9.97 Å². The average Bonchev–Trinajstić information content (AvgIpc) is 2.68. The van der Waals surface area contributed by atoms with Crippen LogP contribution in [0.5, 0.6) is 0 Å². The van der Waals surface area contributed by atoms with Gasteiger partial charge in [-0.05, 0) is 28.5 Å². The second-order valence-electron chi connectivity index (χ2n) is 4.13. The van der Waals surface area contributed by atoms with Crippen LogP contribution >= 0.6 is 22.6 Å². The van der Waals surface area contributed by atoms with Crippen LogP contribution in [0.15, 0.2) is 17.2 Å². The summed E-state index contributed by atoms with van der Waals surface area (Å²) in [6.07, 6.45) is 3.50. The summed E-state index contributed by atoms with van der Waals surface area (Å²) < 4.78 is 2.48. The number of aromatic nitrogens is 4. The first-order valence-corrected chi connectivity index (χ1v) is 6.36. The van der Waals surface area contributed by atoms with Gasteiger partial charge in [0.15, 0.2) is 11.6 Å². The third kappa shape index (κ3) is 2.26. The fraction of sp³-hybridized carbons (Fsp3) is 0.364. The highest BCUT2D eigenvalue weighted by Crippen LogP contribution is 2.18. The molecule has 0 saturated carbocycles. The van der Waals surface area contributed by atoms with E-state index in [4.69, 9.17) is 0 Å². The van der Waals surface area contributed by atoms with E-state index < -0.39 is 0 Å². The van der Waals surface area contributed by atoms with E-state index >= 15 is 0 Å². The molecular formula is C11H13IN4O. The Morgan fingerprint density at radius 2 is 2.18 bits per heavy atom. The maximum atomic E-state index is 11.8. The first kappa shape index (κ1) is 12.3. The van der Waals surface area contributed by atoms with Crippen molar-refractivity contribution in [1.82, 2.24) is 19.5 Å². The maximum absolute atomic E-state index is 11.8. The molecule has 0 aliphatic carbocycles. The standard InChI is InChI=1S/C11H13IN4O/c1-6(2)8-7(12)11(17)15-9(14-8)10-13-4-5-16(10)3/h4-6H,1-3H3,(H,14,15,17). The Hall–Kier alpha value is -1.18. The summed E-state index contributed by atoms with van der Waals surface area (Å²) in [5.74, 6) is 1.40. The van der Waals surface area contributed by atoms with Crippen LogP contribution < -0.4 is 5.56 Å². The predicted molar refractivity (Wildman–Crippen MR) is 73.9 cm³/mol. The normalized spacial score (nSPS) is 11.1. The molecule has 0 radical (unpaired) electrons. The minimum absolute atomic E-state index is 0.109. The van der Waals surface area contributed by atoms with E-state index in [-0.39, 0.29) is 11.5 Å². The lowest BCUT2D eigenvalue weighted by molar-refractivity contribution is 0.794. The molecule has 0 unspecified atom stereocenters. The number of rotatable bonds is 2. The zero-order chi connectivity index (χ0) is 12.6. The number of nitrogens with one attached hydrogen (secondary N) is 1. The molecular weight excluding hydrogens is 331 g/mol. The summed E-state index contributed by atoms with van der Waals surface area (Å²) >= 11 is 2.03. The van der Waals surface area contributed by atoms with E-state index in [1.54, 1.807) is 6.20 Å². The lowest BCUT2D eigenvalue weighted by atomic mass is 10.1. The third-order valence-electron chi connectivity index (χ3n) is 2.47. The Morgan fingerprint density at radius 3 is 2.71 bits per heavy atom. The molecule has 0 spiro atoms. The van der Waals surface area contributed by atoms with Gasteiger partial charge in [-0.1, -0.05) is 13.8 Å². The molecule has 0 aliphatic heterocycles. The Balaban J connectivity index is 2.66. The first-order valence-electron chi connectivity index (χ1n) is 5.28. The molecule has 2 aromatic heterocycles. The highest BCUT2D eigenvalue weighted by molar-refractivity contribution is 14.1. The minimum Gasteiger partial charge on any atom is -0.331 e. The van der Waals surface area contributed by atoms with Gasteiger partial charge < -0.3 is 9.55 Å². The van der Waals surface area contributed by atoms with Crippen LogP contribution in [0, 0.1) is 3.57 Å². The number of aryl methyl sites for hydroxylation is 1. The number of imidazole rings is 1. The van der Waals surface area contributed by atoms with Crippen molar-refractivity contribution < 1.29 is 0 Å². The quantitative estimate of drug-likeness (QED) is 0.847. The summed E-state index contributed by atoms with van der Waals surface area (Å²) in [6, 6.07) is 0. The Kier molecular flexibility index (Phi) is 3.32. The molecule has 17 heavy (non-hydrogen) atoms. The van der Waals surface area contributed by atoms with E-state index in [2.05, 4.69) is 15.0 Å². The highest BCUT2D eigenvalue weighted by atomic mass is 127. The van der Waals surface area contributed by atoms with Gasteiger partial charge in [-0.2, -0.15) is 0 Å². The number of H-pyrrole nitrogens is 1. The Labute approximate surface area is 112 Å². The maximum Gasteiger partial charge on any atom is 0.264 e. The Morgan fingerprint density at radius 1 is 1.47 bits per heavy atom. The van der Waals surface area contributed by atoms with Crippen molar-refractivity contribution in [2.75, 3.05) is 0 Å². The minimum atomic E-state index is -0.109. The summed E-state index contributed by atoms with van der Waals surface area (Å²) in [5.41, 5.74) is 0.703.